The summed E-state index contributed by atoms with van der Waals surface area (Å²) in [7, 11) is 0. The summed E-state index contributed by atoms with van der Waals surface area (Å²) in [4.78, 5) is 12.6. The van der Waals surface area contributed by atoms with Gasteiger partial charge in [-0.05, 0) is 92.0 Å². The number of benzene rings is 3. The van der Waals surface area contributed by atoms with Crippen LogP contribution < -0.4 is 9.47 Å². The van der Waals surface area contributed by atoms with Gasteiger partial charge in [0, 0.05) is 6.61 Å². The highest BCUT2D eigenvalue weighted by Gasteiger charge is 2.27. The average molecular weight is 527 g/mol. The summed E-state index contributed by atoms with van der Waals surface area (Å²) < 4.78 is 60.3. The maximum absolute atomic E-state index is 15.0. The highest BCUT2D eigenvalue weighted by Crippen LogP contribution is 2.37. The van der Waals surface area contributed by atoms with Crippen molar-refractivity contribution in [3.05, 3.63) is 83.2 Å². The van der Waals surface area contributed by atoms with Crippen LogP contribution in [0.2, 0.25) is 0 Å². The molecule has 0 unspecified atom stereocenters. The van der Waals surface area contributed by atoms with Crippen LogP contribution >= 0.6 is 0 Å². The zero-order chi connectivity index (χ0) is 27.1. The van der Waals surface area contributed by atoms with Gasteiger partial charge in [-0.1, -0.05) is 37.6 Å². The number of rotatable bonds is 10. The monoisotopic (exact) mass is 526 g/mol. The molecule has 1 saturated carbocycles. The van der Waals surface area contributed by atoms with E-state index in [9.17, 15) is 18.0 Å². The Labute approximate surface area is 221 Å². The van der Waals surface area contributed by atoms with Crippen LogP contribution in [-0.2, 0) is 4.74 Å². The molecule has 0 N–H and O–H groups in total. The Morgan fingerprint density at radius 2 is 1.53 bits per heavy atom. The molecule has 1 aliphatic rings. The van der Waals surface area contributed by atoms with Crippen molar-refractivity contribution >= 4 is 5.97 Å². The lowest BCUT2D eigenvalue weighted by atomic mass is 9.82. The molecule has 3 aromatic carbocycles. The van der Waals surface area contributed by atoms with E-state index in [0.717, 1.165) is 45.1 Å². The minimum absolute atomic E-state index is 0.0970. The van der Waals surface area contributed by atoms with Crippen LogP contribution in [0.25, 0.3) is 11.1 Å². The first kappa shape index (κ1) is 27.7. The Bertz CT molecular complexity index is 1230. The Balaban J connectivity index is 1.39. The van der Waals surface area contributed by atoms with Crippen LogP contribution in [0.15, 0.2) is 54.6 Å². The highest BCUT2D eigenvalue weighted by atomic mass is 19.2. The molecule has 4 nitrogen and oxygen atoms in total. The molecule has 0 aliphatic heterocycles. The number of unbranched alkanes of at least 4 members (excludes halogenated alkanes) is 1. The van der Waals surface area contributed by atoms with Crippen molar-refractivity contribution in [1.29, 1.82) is 0 Å². The number of esters is 1. The van der Waals surface area contributed by atoms with Crippen LogP contribution in [-0.4, -0.2) is 25.3 Å². The zero-order valence-electron chi connectivity index (χ0n) is 21.8. The predicted octanol–water partition coefficient (Wildman–Crippen LogP) is 8.23. The van der Waals surface area contributed by atoms with E-state index in [1.54, 1.807) is 31.2 Å². The van der Waals surface area contributed by atoms with Gasteiger partial charge in [0.05, 0.1) is 18.3 Å². The van der Waals surface area contributed by atoms with E-state index < -0.39 is 29.2 Å². The fourth-order valence-corrected chi connectivity index (χ4v) is 4.79. The van der Waals surface area contributed by atoms with Crippen molar-refractivity contribution in [2.75, 3.05) is 13.2 Å². The van der Waals surface area contributed by atoms with Crippen LogP contribution in [0.4, 0.5) is 13.2 Å². The highest BCUT2D eigenvalue weighted by molar-refractivity contribution is 5.91. The lowest BCUT2D eigenvalue weighted by Gasteiger charge is -2.29. The summed E-state index contributed by atoms with van der Waals surface area (Å²) in [6, 6.07) is 13.7. The van der Waals surface area contributed by atoms with Gasteiger partial charge in [-0.25, -0.2) is 13.6 Å². The predicted molar refractivity (Wildman–Crippen MR) is 140 cm³/mol. The lowest BCUT2D eigenvalue weighted by molar-refractivity contribution is 0.0230. The number of carbonyl (C=O) groups is 1. The van der Waals surface area contributed by atoms with Crippen molar-refractivity contribution < 1.29 is 32.2 Å². The van der Waals surface area contributed by atoms with E-state index in [1.165, 1.54) is 30.3 Å². The summed E-state index contributed by atoms with van der Waals surface area (Å²) in [5, 5.41) is 0. The SMILES string of the molecule is CCCCOC1CCC(c2ccc(OC(=O)c3ccc(-c4ccc(OCC)c(F)c4)cc3)c(F)c2F)CC1. The first-order valence-electron chi connectivity index (χ1n) is 13.3. The molecule has 7 heteroatoms. The summed E-state index contributed by atoms with van der Waals surface area (Å²) in [6.07, 6.45) is 5.33. The fraction of sp³-hybridized carbons (Fsp3) is 0.387. The third-order valence-corrected chi connectivity index (χ3v) is 6.93. The Kier molecular flexibility index (Phi) is 9.45. The summed E-state index contributed by atoms with van der Waals surface area (Å²) >= 11 is 0. The van der Waals surface area contributed by atoms with Crippen molar-refractivity contribution in [2.45, 2.75) is 64.4 Å². The summed E-state index contributed by atoms with van der Waals surface area (Å²) in [5.41, 5.74) is 1.75. The third-order valence-electron chi connectivity index (χ3n) is 6.93. The maximum atomic E-state index is 15.0. The molecule has 0 saturated heterocycles. The van der Waals surface area contributed by atoms with Crippen LogP contribution in [0.3, 0.4) is 0 Å². The van der Waals surface area contributed by atoms with Gasteiger partial charge >= 0.3 is 5.97 Å². The first-order chi connectivity index (χ1) is 18.4. The topological polar surface area (TPSA) is 44.8 Å². The molecule has 1 aliphatic carbocycles. The average Bonchev–Trinajstić information content (AvgIpc) is 2.93. The van der Waals surface area contributed by atoms with Crippen molar-refractivity contribution in [1.82, 2.24) is 0 Å². The van der Waals surface area contributed by atoms with Gasteiger partial charge in [0.2, 0.25) is 5.82 Å². The molecule has 0 amide bonds. The van der Waals surface area contributed by atoms with Gasteiger partial charge in [-0.3, -0.25) is 0 Å². The number of hydrogen-bond donors (Lipinski definition) is 0. The van der Waals surface area contributed by atoms with Crippen molar-refractivity contribution in [3.63, 3.8) is 0 Å². The number of ether oxygens (including phenoxy) is 3. The fourth-order valence-electron chi connectivity index (χ4n) is 4.79. The molecule has 3 aromatic rings. The van der Waals surface area contributed by atoms with Gasteiger partial charge in [0.15, 0.2) is 23.1 Å². The second-order valence-corrected chi connectivity index (χ2v) is 9.52. The molecule has 4 rings (SSSR count). The molecule has 0 atom stereocenters. The molecular formula is C31H33F3O4. The first-order valence-corrected chi connectivity index (χ1v) is 13.3. The van der Waals surface area contributed by atoms with Crippen molar-refractivity contribution in [2.24, 2.45) is 0 Å². The van der Waals surface area contributed by atoms with E-state index >= 15 is 0 Å². The Hall–Kier alpha value is -3.32. The largest absolute Gasteiger partial charge is 0.491 e. The van der Waals surface area contributed by atoms with Crippen molar-refractivity contribution in [3.8, 4) is 22.6 Å². The van der Waals surface area contributed by atoms with Crippen LogP contribution in [0.5, 0.6) is 11.5 Å². The van der Waals surface area contributed by atoms with E-state index in [2.05, 4.69) is 6.92 Å². The van der Waals surface area contributed by atoms with Gasteiger partial charge < -0.3 is 14.2 Å². The molecule has 0 bridgehead atoms. The standard InChI is InChI=1S/C31H33F3O4/c1-3-5-18-37-24-13-10-21(11-14-24)25-15-17-28(30(34)29(25)33)38-31(35)22-8-6-20(7-9-22)23-12-16-27(36-4-2)26(32)19-23/h6-9,12,15-17,19,21,24H,3-5,10-11,13-14,18H2,1-2H3. The molecule has 202 valence electrons. The summed E-state index contributed by atoms with van der Waals surface area (Å²) in [5.74, 6) is -3.82. The van der Waals surface area contributed by atoms with Crippen LogP contribution in [0, 0.1) is 17.5 Å². The van der Waals surface area contributed by atoms with Crippen LogP contribution in [0.1, 0.15) is 74.2 Å². The van der Waals surface area contributed by atoms with Gasteiger partial charge in [-0.15, -0.1) is 0 Å². The maximum Gasteiger partial charge on any atom is 0.343 e. The molecule has 1 fully saturated rings. The molecule has 0 radical (unpaired) electrons. The van der Waals surface area contributed by atoms with Gasteiger partial charge in [-0.2, -0.15) is 4.39 Å². The molecule has 38 heavy (non-hydrogen) atoms. The second kappa shape index (κ2) is 13.0. The van der Waals surface area contributed by atoms with Gasteiger partial charge in [0.25, 0.3) is 0 Å². The van der Waals surface area contributed by atoms with E-state index in [0.29, 0.717) is 23.3 Å². The number of carbonyl (C=O) groups excluding carboxylic acids is 1. The van der Waals surface area contributed by atoms with E-state index in [1.807, 2.05) is 0 Å². The van der Waals surface area contributed by atoms with E-state index in [-0.39, 0.29) is 23.3 Å². The normalized spacial score (nSPS) is 17.3. The number of hydrogen-bond acceptors (Lipinski definition) is 4. The minimum Gasteiger partial charge on any atom is -0.491 e. The minimum atomic E-state index is -1.17. The number of halogens is 3. The Morgan fingerprint density at radius 3 is 2.18 bits per heavy atom. The molecule has 0 heterocycles. The third kappa shape index (κ3) is 6.57. The quantitative estimate of drug-likeness (QED) is 0.152. The molecular weight excluding hydrogens is 493 g/mol. The van der Waals surface area contributed by atoms with E-state index in [4.69, 9.17) is 14.2 Å². The smallest absolute Gasteiger partial charge is 0.343 e. The zero-order valence-corrected chi connectivity index (χ0v) is 21.8. The lowest BCUT2D eigenvalue weighted by Crippen LogP contribution is -2.22. The second-order valence-electron chi connectivity index (χ2n) is 9.52. The molecule has 0 aromatic heterocycles. The molecule has 0 spiro atoms. The van der Waals surface area contributed by atoms with Gasteiger partial charge in [0.1, 0.15) is 0 Å². The Morgan fingerprint density at radius 1 is 0.842 bits per heavy atom. The summed E-state index contributed by atoms with van der Waals surface area (Å²) in [6.45, 7) is 4.98.